The molecule has 0 heterocycles. The highest BCUT2D eigenvalue weighted by molar-refractivity contribution is 6.13. The Morgan fingerprint density at radius 3 is 2.57 bits per heavy atom. The predicted molar refractivity (Wildman–Crippen MR) is 30.4 cm³/mol. The molecule has 0 aliphatic rings. The second kappa shape index (κ2) is 3.81. The monoisotopic (exact) mass is 118 g/mol. The summed E-state index contributed by atoms with van der Waals surface area (Å²) in [5, 5.41) is 3.46. The highest BCUT2D eigenvalue weighted by Gasteiger charge is 1.76. The predicted octanol–water partition coefficient (Wildman–Crippen LogP) is 2.17. The van der Waals surface area contributed by atoms with Crippen LogP contribution in [0.25, 0.3) is 0 Å². The van der Waals surface area contributed by atoms with E-state index in [0.29, 0.717) is 6.54 Å². The van der Waals surface area contributed by atoms with Crippen LogP contribution in [0.2, 0.25) is 0 Å². The molecule has 0 radical (unpaired) electrons. The second-order valence-electron chi connectivity index (χ2n) is 1.33. The molecule has 0 aliphatic carbocycles. The van der Waals surface area contributed by atoms with E-state index in [4.69, 9.17) is 11.8 Å². The van der Waals surface area contributed by atoms with Gasteiger partial charge in [0, 0.05) is 0 Å². The average molecular weight is 119 g/mol. The molecule has 0 bridgehead atoms. The first-order chi connectivity index (χ1) is 3.27. The molecule has 0 aliphatic heterocycles. The van der Waals surface area contributed by atoms with Crippen molar-refractivity contribution in [2.45, 2.75) is 6.92 Å². The number of rotatable bonds is 2. The minimum Gasteiger partial charge on any atom is -0.172 e. The molecule has 0 aromatic heterocycles. The molecular formula is C4H7ClN2. The van der Waals surface area contributed by atoms with Crippen molar-refractivity contribution in [3.63, 3.8) is 0 Å². The van der Waals surface area contributed by atoms with Gasteiger partial charge in [0.25, 0.3) is 0 Å². The van der Waals surface area contributed by atoms with Crippen LogP contribution in [0.4, 0.5) is 0 Å². The van der Waals surface area contributed by atoms with E-state index in [2.05, 4.69) is 16.3 Å². The lowest BCUT2D eigenvalue weighted by molar-refractivity contribution is 1.06. The van der Waals surface area contributed by atoms with E-state index in [1.807, 2.05) is 6.92 Å². The first-order valence-corrected chi connectivity index (χ1v) is 2.23. The topological polar surface area (TPSA) is 24.7 Å². The van der Waals surface area contributed by atoms with Gasteiger partial charge < -0.3 is 0 Å². The Morgan fingerprint density at radius 2 is 2.43 bits per heavy atom. The maximum absolute atomic E-state index is 4.86. The first-order valence-electron chi connectivity index (χ1n) is 1.89. The van der Waals surface area contributed by atoms with Crippen molar-refractivity contribution in [2.75, 3.05) is 6.54 Å². The quantitative estimate of drug-likeness (QED) is 0.392. The number of nitrogens with zero attached hydrogens (tertiary/aromatic N) is 2. The van der Waals surface area contributed by atoms with E-state index in [9.17, 15) is 0 Å². The SMILES string of the molecule is C=C(C)C/N=N\Cl. The third-order valence-electron chi connectivity index (χ3n) is 0.394. The van der Waals surface area contributed by atoms with Crippen molar-refractivity contribution in [3.05, 3.63) is 12.2 Å². The standard InChI is InChI=1S/C4H7ClN2/c1-4(2)3-6-7-5/h1,3H2,2H3/b7-6-. The van der Waals surface area contributed by atoms with E-state index in [-0.39, 0.29) is 0 Å². The first kappa shape index (κ1) is 6.63. The highest BCUT2D eigenvalue weighted by atomic mass is 35.5. The minimum atomic E-state index is 0.531. The molecular weight excluding hydrogens is 112 g/mol. The minimum absolute atomic E-state index is 0.531. The van der Waals surface area contributed by atoms with E-state index < -0.39 is 0 Å². The van der Waals surface area contributed by atoms with Crippen molar-refractivity contribution in [1.29, 1.82) is 0 Å². The highest BCUT2D eigenvalue weighted by Crippen LogP contribution is 1.88. The summed E-state index contributed by atoms with van der Waals surface area (Å²) in [6.07, 6.45) is 0. The van der Waals surface area contributed by atoms with E-state index in [1.54, 1.807) is 0 Å². The molecule has 0 amide bonds. The summed E-state index contributed by atoms with van der Waals surface area (Å²) in [5.74, 6) is 0. The van der Waals surface area contributed by atoms with Crippen molar-refractivity contribution >= 4 is 11.8 Å². The van der Waals surface area contributed by atoms with Crippen LogP contribution in [0, 0.1) is 0 Å². The molecule has 0 fully saturated rings. The van der Waals surface area contributed by atoms with Gasteiger partial charge in [-0.1, -0.05) is 16.8 Å². The molecule has 7 heavy (non-hydrogen) atoms. The van der Waals surface area contributed by atoms with Crippen LogP contribution in [-0.2, 0) is 0 Å². The van der Waals surface area contributed by atoms with Crippen molar-refractivity contribution in [2.24, 2.45) is 9.75 Å². The molecule has 2 nitrogen and oxygen atoms in total. The van der Waals surface area contributed by atoms with Crippen LogP contribution < -0.4 is 0 Å². The largest absolute Gasteiger partial charge is 0.172 e. The molecule has 0 aromatic carbocycles. The second-order valence-corrected chi connectivity index (χ2v) is 1.48. The Labute approximate surface area is 48.0 Å². The van der Waals surface area contributed by atoms with Gasteiger partial charge in [0.2, 0.25) is 0 Å². The Kier molecular flexibility index (Phi) is 3.61. The van der Waals surface area contributed by atoms with Crippen LogP contribution in [0.15, 0.2) is 21.9 Å². The van der Waals surface area contributed by atoms with Gasteiger partial charge in [-0.25, -0.2) is 0 Å². The molecule has 0 spiro atoms. The lowest BCUT2D eigenvalue weighted by Gasteiger charge is -1.82. The van der Waals surface area contributed by atoms with E-state index in [0.717, 1.165) is 5.57 Å². The molecule has 0 unspecified atom stereocenters. The summed E-state index contributed by atoms with van der Waals surface area (Å²) < 4.78 is 3.01. The van der Waals surface area contributed by atoms with Crippen LogP contribution in [-0.4, -0.2) is 6.54 Å². The summed E-state index contributed by atoms with van der Waals surface area (Å²) in [6, 6.07) is 0. The Hall–Kier alpha value is -0.370. The average Bonchev–Trinajstić information content (AvgIpc) is 1.61. The van der Waals surface area contributed by atoms with Gasteiger partial charge in [0.1, 0.15) is 0 Å². The van der Waals surface area contributed by atoms with Gasteiger partial charge in [-0.05, 0) is 6.92 Å². The van der Waals surface area contributed by atoms with Gasteiger partial charge in [-0.2, -0.15) is 5.11 Å². The summed E-state index contributed by atoms with van der Waals surface area (Å²) in [6.45, 7) is 5.98. The number of hydrogen-bond acceptors (Lipinski definition) is 2. The molecule has 0 N–H and O–H groups in total. The maximum Gasteiger partial charge on any atom is 0.0819 e. The van der Waals surface area contributed by atoms with Gasteiger partial charge in [-0.15, -0.1) is 0 Å². The molecule has 40 valence electrons. The van der Waals surface area contributed by atoms with Crippen LogP contribution in [0.3, 0.4) is 0 Å². The zero-order chi connectivity index (χ0) is 5.70. The van der Waals surface area contributed by atoms with E-state index in [1.165, 1.54) is 0 Å². The lowest BCUT2D eigenvalue weighted by atomic mass is 10.4. The molecule has 0 saturated carbocycles. The number of halogens is 1. The van der Waals surface area contributed by atoms with Crippen LogP contribution in [0.1, 0.15) is 6.92 Å². The Morgan fingerprint density at radius 1 is 1.86 bits per heavy atom. The van der Waals surface area contributed by atoms with Gasteiger partial charge in [0.05, 0.1) is 18.3 Å². The van der Waals surface area contributed by atoms with E-state index >= 15 is 0 Å². The summed E-state index contributed by atoms with van der Waals surface area (Å²) in [4.78, 5) is 0. The van der Waals surface area contributed by atoms with Crippen LogP contribution >= 0.6 is 11.8 Å². The van der Waals surface area contributed by atoms with Gasteiger partial charge >= 0.3 is 0 Å². The molecule has 0 rings (SSSR count). The summed E-state index contributed by atoms with van der Waals surface area (Å²) >= 11 is 4.86. The summed E-state index contributed by atoms with van der Waals surface area (Å²) in [5.41, 5.74) is 0.962. The van der Waals surface area contributed by atoms with Crippen molar-refractivity contribution < 1.29 is 0 Å². The Balaban J connectivity index is 3.14. The normalized spacial score (nSPS) is 10.0. The smallest absolute Gasteiger partial charge is 0.0819 e. The van der Waals surface area contributed by atoms with Gasteiger partial charge in [-0.3, -0.25) is 0 Å². The molecule has 0 atom stereocenters. The molecule has 0 saturated heterocycles. The van der Waals surface area contributed by atoms with Gasteiger partial charge in [0.15, 0.2) is 0 Å². The van der Waals surface area contributed by atoms with Crippen molar-refractivity contribution in [3.8, 4) is 0 Å². The van der Waals surface area contributed by atoms with Crippen LogP contribution in [0.5, 0.6) is 0 Å². The van der Waals surface area contributed by atoms with Crippen molar-refractivity contribution in [1.82, 2.24) is 0 Å². The zero-order valence-corrected chi connectivity index (χ0v) is 4.94. The Bertz CT molecular complexity index is 87.7. The fraction of sp³-hybridized carbons (Fsp3) is 0.500. The maximum atomic E-state index is 4.86. The molecule has 0 aromatic rings. The summed E-state index contributed by atoms with van der Waals surface area (Å²) in [7, 11) is 0. The fourth-order valence-corrected chi connectivity index (χ4v) is 0.201. The zero-order valence-electron chi connectivity index (χ0n) is 4.19. The molecule has 3 heteroatoms. The lowest BCUT2D eigenvalue weighted by Crippen LogP contribution is -1.74. The fourth-order valence-electron chi connectivity index (χ4n) is 0.147. The number of hydrogen-bond donors (Lipinski definition) is 0. The third-order valence-corrected chi connectivity index (χ3v) is 0.501. The third kappa shape index (κ3) is 5.63.